The van der Waals surface area contributed by atoms with Gasteiger partial charge in [-0.1, -0.05) is 42.6 Å². The molecular formula is C16H18Cl2N2. The van der Waals surface area contributed by atoms with Crippen molar-refractivity contribution in [2.45, 2.75) is 26.3 Å². The zero-order valence-electron chi connectivity index (χ0n) is 11.5. The Morgan fingerprint density at radius 2 is 2.05 bits per heavy atom. The Labute approximate surface area is 130 Å². The van der Waals surface area contributed by atoms with Gasteiger partial charge in [-0.3, -0.25) is 4.98 Å². The summed E-state index contributed by atoms with van der Waals surface area (Å²) >= 11 is 12.3. The molecule has 0 amide bonds. The summed E-state index contributed by atoms with van der Waals surface area (Å²) in [4.78, 5) is 6.44. The number of nitrogens with zero attached hydrogens (tertiary/aromatic N) is 2. The SMILES string of the molecule is CCCCN(Cc1cccnc1)c1ccc(Cl)cc1Cl. The first-order chi connectivity index (χ1) is 9.70. The summed E-state index contributed by atoms with van der Waals surface area (Å²) in [6, 6.07) is 9.69. The van der Waals surface area contributed by atoms with E-state index in [1.165, 1.54) is 5.56 Å². The first kappa shape index (κ1) is 15.1. The van der Waals surface area contributed by atoms with E-state index in [9.17, 15) is 0 Å². The first-order valence-electron chi connectivity index (χ1n) is 6.79. The van der Waals surface area contributed by atoms with Crippen molar-refractivity contribution in [1.29, 1.82) is 0 Å². The van der Waals surface area contributed by atoms with Gasteiger partial charge in [-0.25, -0.2) is 0 Å². The fourth-order valence-electron chi connectivity index (χ4n) is 2.08. The average molecular weight is 309 g/mol. The molecule has 0 saturated carbocycles. The van der Waals surface area contributed by atoms with Gasteiger partial charge in [0.25, 0.3) is 0 Å². The first-order valence-corrected chi connectivity index (χ1v) is 7.55. The predicted octanol–water partition coefficient (Wildman–Crippen LogP) is 5.20. The number of benzene rings is 1. The van der Waals surface area contributed by atoms with Crippen LogP contribution in [0.25, 0.3) is 0 Å². The van der Waals surface area contributed by atoms with E-state index in [2.05, 4.69) is 22.9 Å². The highest BCUT2D eigenvalue weighted by Gasteiger charge is 2.11. The smallest absolute Gasteiger partial charge is 0.0654 e. The normalized spacial score (nSPS) is 10.6. The lowest BCUT2D eigenvalue weighted by atomic mass is 10.2. The van der Waals surface area contributed by atoms with E-state index in [0.29, 0.717) is 10.0 Å². The second kappa shape index (κ2) is 7.51. The van der Waals surface area contributed by atoms with Gasteiger partial charge in [0, 0.05) is 30.5 Å². The van der Waals surface area contributed by atoms with Gasteiger partial charge in [0.15, 0.2) is 0 Å². The van der Waals surface area contributed by atoms with E-state index in [1.54, 1.807) is 12.3 Å². The number of pyridine rings is 1. The lowest BCUT2D eigenvalue weighted by Gasteiger charge is -2.26. The minimum atomic E-state index is 0.663. The number of unbranched alkanes of at least 4 members (excludes halogenated alkanes) is 1. The highest BCUT2D eigenvalue weighted by Crippen LogP contribution is 2.30. The fraction of sp³-hybridized carbons (Fsp3) is 0.312. The number of hydrogen-bond donors (Lipinski definition) is 0. The van der Waals surface area contributed by atoms with Crippen LogP contribution in [0.1, 0.15) is 25.3 Å². The van der Waals surface area contributed by atoms with Crippen molar-refractivity contribution in [2.24, 2.45) is 0 Å². The molecule has 20 heavy (non-hydrogen) atoms. The van der Waals surface area contributed by atoms with Crippen molar-refractivity contribution in [3.63, 3.8) is 0 Å². The molecule has 0 aliphatic rings. The summed E-state index contributed by atoms with van der Waals surface area (Å²) in [7, 11) is 0. The molecule has 2 rings (SSSR count). The molecule has 0 N–H and O–H groups in total. The van der Waals surface area contributed by atoms with Gasteiger partial charge in [0.1, 0.15) is 0 Å². The van der Waals surface area contributed by atoms with Crippen LogP contribution in [0.2, 0.25) is 10.0 Å². The van der Waals surface area contributed by atoms with Gasteiger partial charge in [-0.15, -0.1) is 0 Å². The van der Waals surface area contributed by atoms with Crippen molar-refractivity contribution in [3.05, 3.63) is 58.3 Å². The van der Waals surface area contributed by atoms with Crippen LogP contribution in [0, 0.1) is 0 Å². The van der Waals surface area contributed by atoms with Crippen molar-refractivity contribution >= 4 is 28.9 Å². The van der Waals surface area contributed by atoms with E-state index in [0.717, 1.165) is 31.6 Å². The zero-order valence-corrected chi connectivity index (χ0v) is 13.0. The van der Waals surface area contributed by atoms with Gasteiger partial charge in [0.05, 0.1) is 10.7 Å². The number of rotatable bonds is 6. The molecule has 1 aromatic carbocycles. The minimum absolute atomic E-state index is 0.663. The van der Waals surface area contributed by atoms with Crippen LogP contribution >= 0.6 is 23.2 Å². The largest absolute Gasteiger partial charge is 0.366 e. The molecule has 0 radical (unpaired) electrons. The lowest BCUT2D eigenvalue weighted by Crippen LogP contribution is -2.24. The Morgan fingerprint density at radius 1 is 1.20 bits per heavy atom. The van der Waals surface area contributed by atoms with Gasteiger partial charge >= 0.3 is 0 Å². The number of aromatic nitrogens is 1. The quantitative estimate of drug-likeness (QED) is 0.729. The van der Waals surface area contributed by atoms with E-state index >= 15 is 0 Å². The van der Waals surface area contributed by atoms with Gasteiger partial charge in [-0.05, 0) is 36.2 Å². The maximum atomic E-state index is 6.33. The third-order valence-corrected chi connectivity index (χ3v) is 3.67. The van der Waals surface area contributed by atoms with E-state index in [-0.39, 0.29) is 0 Å². The summed E-state index contributed by atoms with van der Waals surface area (Å²) in [5.74, 6) is 0. The lowest BCUT2D eigenvalue weighted by molar-refractivity contribution is 0.715. The molecule has 0 fully saturated rings. The van der Waals surface area contributed by atoms with Gasteiger partial charge in [-0.2, -0.15) is 0 Å². The highest BCUT2D eigenvalue weighted by atomic mass is 35.5. The van der Waals surface area contributed by atoms with Crippen LogP contribution in [0.5, 0.6) is 0 Å². The van der Waals surface area contributed by atoms with E-state index in [1.807, 2.05) is 24.4 Å². The Balaban J connectivity index is 2.22. The van der Waals surface area contributed by atoms with Crippen LogP contribution in [0.4, 0.5) is 5.69 Å². The number of halogens is 2. The van der Waals surface area contributed by atoms with Crippen molar-refractivity contribution in [3.8, 4) is 0 Å². The van der Waals surface area contributed by atoms with Crippen LogP contribution < -0.4 is 4.90 Å². The second-order valence-corrected chi connectivity index (χ2v) is 5.58. The molecule has 2 nitrogen and oxygen atoms in total. The van der Waals surface area contributed by atoms with Crippen LogP contribution in [-0.2, 0) is 6.54 Å². The molecule has 0 bridgehead atoms. The number of anilines is 1. The molecule has 1 aromatic heterocycles. The summed E-state index contributed by atoms with van der Waals surface area (Å²) in [6.07, 6.45) is 5.95. The summed E-state index contributed by atoms with van der Waals surface area (Å²) in [6.45, 7) is 3.95. The molecule has 0 atom stereocenters. The molecule has 106 valence electrons. The molecule has 0 saturated heterocycles. The van der Waals surface area contributed by atoms with E-state index < -0.39 is 0 Å². The monoisotopic (exact) mass is 308 g/mol. The molecule has 0 aliphatic heterocycles. The van der Waals surface area contributed by atoms with Crippen molar-refractivity contribution < 1.29 is 0 Å². The fourth-order valence-corrected chi connectivity index (χ4v) is 2.61. The molecule has 4 heteroatoms. The molecule has 0 unspecified atom stereocenters. The third-order valence-electron chi connectivity index (χ3n) is 3.13. The maximum absolute atomic E-state index is 6.33. The standard InChI is InChI=1S/C16H18Cl2N2/c1-2-3-9-20(12-13-5-4-8-19-11-13)16-7-6-14(17)10-15(16)18/h4-8,10-11H,2-3,9,12H2,1H3. The molecule has 0 aliphatic carbocycles. The predicted molar refractivity (Wildman–Crippen MR) is 86.7 cm³/mol. The van der Waals surface area contributed by atoms with Crippen LogP contribution in [-0.4, -0.2) is 11.5 Å². The molecule has 2 aromatic rings. The van der Waals surface area contributed by atoms with Gasteiger partial charge < -0.3 is 4.90 Å². The molecular weight excluding hydrogens is 291 g/mol. The van der Waals surface area contributed by atoms with Gasteiger partial charge in [0.2, 0.25) is 0 Å². The Morgan fingerprint density at radius 3 is 2.70 bits per heavy atom. The number of hydrogen-bond acceptors (Lipinski definition) is 2. The third kappa shape index (κ3) is 4.12. The topological polar surface area (TPSA) is 16.1 Å². The highest BCUT2D eigenvalue weighted by molar-refractivity contribution is 6.36. The molecule has 1 heterocycles. The summed E-state index contributed by atoms with van der Waals surface area (Å²) < 4.78 is 0. The zero-order chi connectivity index (χ0) is 14.4. The minimum Gasteiger partial charge on any atom is -0.366 e. The maximum Gasteiger partial charge on any atom is 0.0654 e. The Kier molecular flexibility index (Phi) is 5.69. The second-order valence-electron chi connectivity index (χ2n) is 4.73. The van der Waals surface area contributed by atoms with Crippen molar-refractivity contribution in [2.75, 3.05) is 11.4 Å². The Bertz CT molecular complexity index is 543. The summed E-state index contributed by atoms with van der Waals surface area (Å²) in [5, 5.41) is 1.35. The van der Waals surface area contributed by atoms with E-state index in [4.69, 9.17) is 23.2 Å². The summed E-state index contributed by atoms with van der Waals surface area (Å²) in [5.41, 5.74) is 2.20. The Hall–Kier alpha value is -1.25. The average Bonchev–Trinajstić information content (AvgIpc) is 2.45. The van der Waals surface area contributed by atoms with Crippen LogP contribution in [0.3, 0.4) is 0 Å². The molecule has 0 spiro atoms. The van der Waals surface area contributed by atoms with Crippen molar-refractivity contribution in [1.82, 2.24) is 4.98 Å². The van der Waals surface area contributed by atoms with Crippen LogP contribution in [0.15, 0.2) is 42.7 Å².